The van der Waals surface area contributed by atoms with Gasteiger partial charge in [0, 0.05) is 18.6 Å². The van der Waals surface area contributed by atoms with E-state index in [1.807, 2.05) is 6.07 Å². The van der Waals surface area contributed by atoms with Gasteiger partial charge in [-0.05, 0) is 24.8 Å². The van der Waals surface area contributed by atoms with Crippen LogP contribution in [0.15, 0.2) is 30.5 Å². The highest BCUT2D eigenvalue weighted by atomic mass is 16.5. The topological polar surface area (TPSA) is 68.7 Å². The van der Waals surface area contributed by atoms with Gasteiger partial charge in [0.05, 0.1) is 18.3 Å². The predicted molar refractivity (Wildman–Crippen MR) is 77.7 cm³/mol. The first-order chi connectivity index (χ1) is 10.3. The molecule has 0 atom stereocenters. The number of pyridine rings is 1. The van der Waals surface area contributed by atoms with E-state index in [-0.39, 0.29) is 5.56 Å². The fourth-order valence-electron chi connectivity index (χ4n) is 2.57. The maximum absolute atomic E-state index is 11.6. The van der Waals surface area contributed by atoms with Crippen LogP contribution in [0.1, 0.15) is 23.2 Å². The maximum Gasteiger partial charge on any atom is 0.340 e. The Balaban J connectivity index is 1.87. The van der Waals surface area contributed by atoms with Crippen molar-refractivity contribution in [1.82, 2.24) is 4.98 Å². The lowest BCUT2D eigenvalue weighted by molar-refractivity contribution is 0.0490. The average molecular weight is 287 g/mol. The quantitative estimate of drug-likeness (QED) is 0.936. The van der Waals surface area contributed by atoms with Gasteiger partial charge >= 0.3 is 5.97 Å². The summed E-state index contributed by atoms with van der Waals surface area (Å²) in [7, 11) is 0. The largest absolute Gasteiger partial charge is 0.491 e. The Kier molecular flexibility index (Phi) is 4.01. The van der Waals surface area contributed by atoms with Crippen LogP contribution in [-0.2, 0) is 4.74 Å². The molecule has 0 bridgehead atoms. The Morgan fingerprint density at radius 3 is 2.86 bits per heavy atom. The van der Waals surface area contributed by atoms with Crippen LogP contribution < -0.4 is 4.74 Å². The summed E-state index contributed by atoms with van der Waals surface area (Å²) in [6.07, 6.45) is 3.40. The molecule has 5 nitrogen and oxygen atoms in total. The van der Waals surface area contributed by atoms with Crippen molar-refractivity contribution >= 4 is 16.9 Å². The highest BCUT2D eigenvalue weighted by Crippen LogP contribution is 2.27. The number of carbonyl (C=O) groups is 1. The van der Waals surface area contributed by atoms with Crippen molar-refractivity contribution < 1.29 is 19.4 Å². The van der Waals surface area contributed by atoms with Crippen LogP contribution in [-0.4, -0.2) is 35.9 Å². The third kappa shape index (κ3) is 2.97. The van der Waals surface area contributed by atoms with E-state index >= 15 is 0 Å². The first kappa shape index (κ1) is 13.8. The van der Waals surface area contributed by atoms with Crippen LogP contribution in [0.5, 0.6) is 5.75 Å². The lowest BCUT2D eigenvalue weighted by Crippen LogP contribution is -2.22. The standard InChI is InChI=1S/C16H17NO4/c18-16(19)15-12-3-1-2-4-13(12)17-9-14(15)21-10-11-5-7-20-8-6-11/h1-4,9,11H,5-8,10H2,(H,18,19). The molecule has 1 saturated heterocycles. The summed E-state index contributed by atoms with van der Waals surface area (Å²) in [6, 6.07) is 7.19. The lowest BCUT2D eigenvalue weighted by atomic mass is 10.0. The fourth-order valence-corrected chi connectivity index (χ4v) is 2.57. The maximum atomic E-state index is 11.6. The van der Waals surface area contributed by atoms with Gasteiger partial charge in [-0.3, -0.25) is 4.98 Å². The number of ether oxygens (including phenoxy) is 2. The highest BCUT2D eigenvalue weighted by molar-refractivity contribution is 6.04. The van der Waals surface area contributed by atoms with Gasteiger partial charge < -0.3 is 14.6 Å². The number of para-hydroxylation sites is 1. The second-order valence-electron chi connectivity index (χ2n) is 5.19. The van der Waals surface area contributed by atoms with Crippen molar-refractivity contribution in [3.05, 3.63) is 36.0 Å². The SMILES string of the molecule is O=C(O)c1c(OCC2CCOCC2)cnc2ccccc12. The second kappa shape index (κ2) is 6.10. The minimum atomic E-state index is -0.990. The molecule has 0 amide bonds. The van der Waals surface area contributed by atoms with Crippen molar-refractivity contribution in [2.45, 2.75) is 12.8 Å². The Morgan fingerprint density at radius 1 is 1.33 bits per heavy atom. The molecule has 0 aliphatic carbocycles. The number of rotatable bonds is 4. The van der Waals surface area contributed by atoms with Crippen LogP contribution in [0.3, 0.4) is 0 Å². The van der Waals surface area contributed by atoms with Gasteiger partial charge in [0.15, 0.2) is 5.75 Å². The van der Waals surface area contributed by atoms with E-state index in [1.165, 1.54) is 6.20 Å². The van der Waals surface area contributed by atoms with E-state index in [9.17, 15) is 9.90 Å². The van der Waals surface area contributed by atoms with Crippen molar-refractivity contribution in [2.75, 3.05) is 19.8 Å². The second-order valence-corrected chi connectivity index (χ2v) is 5.19. The van der Waals surface area contributed by atoms with E-state index in [1.54, 1.807) is 18.2 Å². The molecule has 110 valence electrons. The molecule has 1 N–H and O–H groups in total. The number of aromatic carboxylic acids is 1. The van der Waals surface area contributed by atoms with Gasteiger partial charge in [0.25, 0.3) is 0 Å². The lowest BCUT2D eigenvalue weighted by Gasteiger charge is -2.22. The third-order valence-electron chi connectivity index (χ3n) is 3.77. The van der Waals surface area contributed by atoms with Crippen LogP contribution in [0.4, 0.5) is 0 Å². The molecule has 1 aliphatic rings. The molecule has 0 spiro atoms. The summed E-state index contributed by atoms with van der Waals surface area (Å²) in [4.78, 5) is 15.8. The summed E-state index contributed by atoms with van der Waals surface area (Å²) in [5.74, 6) is -0.241. The van der Waals surface area contributed by atoms with Crippen LogP contribution >= 0.6 is 0 Å². The molecular formula is C16H17NO4. The number of benzene rings is 1. The van der Waals surface area contributed by atoms with Crippen molar-refractivity contribution in [1.29, 1.82) is 0 Å². The number of hydrogen-bond donors (Lipinski definition) is 1. The molecule has 1 aliphatic heterocycles. The number of nitrogens with zero attached hydrogens (tertiary/aromatic N) is 1. The van der Waals surface area contributed by atoms with Crippen molar-refractivity contribution in [3.8, 4) is 5.75 Å². The average Bonchev–Trinajstić information content (AvgIpc) is 2.53. The van der Waals surface area contributed by atoms with E-state index < -0.39 is 5.97 Å². The van der Waals surface area contributed by atoms with Gasteiger partial charge in [-0.25, -0.2) is 4.79 Å². The molecule has 1 aromatic carbocycles. The van der Waals surface area contributed by atoms with Crippen molar-refractivity contribution in [3.63, 3.8) is 0 Å². The number of carboxylic acids is 1. The molecule has 1 aromatic heterocycles. The van der Waals surface area contributed by atoms with Crippen molar-refractivity contribution in [2.24, 2.45) is 5.92 Å². The minimum Gasteiger partial charge on any atom is -0.491 e. The van der Waals surface area contributed by atoms with Gasteiger partial charge in [-0.2, -0.15) is 0 Å². The summed E-state index contributed by atoms with van der Waals surface area (Å²) >= 11 is 0. The smallest absolute Gasteiger partial charge is 0.340 e. The molecule has 2 aromatic rings. The Bertz CT molecular complexity index is 650. The first-order valence-corrected chi connectivity index (χ1v) is 7.07. The Labute approximate surface area is 122 Å². The van der Waals surface area contributed by atoms with Gasteiger partial charge in [0.1, 0.15) is 5.56 Å². The molecule has 21 heavy (non-hydrogen) atoms. The molecular weight excluding hydrogens is 270 g/mol. The van der Waals surface area contributed by atoms with Gasteiger partial charge in [0.2, 0.25) is 0 Å². The summed E-state index contributed by atoms with van der Waals surface area (Å²) in [5.41, 5.74) is 0.848. The van der Waals surface area contributed by atoms with E-state index in [4.69, 9.17) is 9.47 Å². The molecule has 3 rings (SSSR count). The predicted octanol–water partition coefficient (Wildman–Crippen LogP) is 2.74. The van der Waals surface area contributed by atoms with E-state index in [0.29, 0.717) is 29.2 Å². The zero-order chi connectivity index (χ0) is 14.7. The Hall–Kier alpha value is -2.14. The first-order valence-electron chi connectivity index (χ1n) is 7.07. The fraction of sp³-hybridized carbons (Fsp3) is 0.375. The summed E-state index contributed by atoms with van der Waals surface area (Å²) in [5, 5.41) is 10.1. The third-order valence-corrected chi connectivity index (χ3v) is 3.77. The number of aromatic nitrogens is 1. The van der Waals surface area contributed by atoms with Gasteiger partial charge in [-0.15, -0.1) is 0 Å². The zero-order valence-electron chi connectivity index (χ0n) is 11.6. The summed E-state index contributed by atoms with van der Waals surface area (Å²) in [6.45, 7) is 2.00. The van der Waals surface area contributed by atoms with Crippen LogP contribution in [0.25, 0.3) is 10.9 Å². The molecule has 2 heterocycles. The molecule has 0 saturated carbocycles. The molecule has 0 radical (unpaired) electrons. The number of fused-ring (bicyclic) bond motifs is 1. The molecule has 1 fully saturated rings. The minimum absolute atomic E-state index is 0.188. The summed E-state index contributed by atoms with van der Waals surface area (Å²) < 4.78 is 11.1. The van der Waals surface area contributed by atoms with E-state index in [2.05, 4.69) is 4.98 Å². The van der Waals surface area contributed by atoms with Crippen LogP contribution in [0, 0.1) is 5.92 Å². The van der Waals surface area contributed by atoms with Gasteiger partial charge in [-0.1, -0.05) is 18.2 Å². The molecule has 0 unspecified atom stereocenters. The molecule has 5 heteroatoms. The normalized spacial score (nSPS) is 16.0. The monoisotopic (exact) mass is 287 g/mol. The van der Waals surface area contributed by atoms with E-state index in [0.717, 1.165) is 26.1 Å². The zero-order valence-corrected chi connectivity index (χ0v) is 11.6. The highest BCUT2D eigenvalue weighted by Gasteiger charge is 2.19. The van der Waals surface area contributed by atoms with Crippen LogP contribution in [0.2, 0.25) is 0 Å². The number of carboxylic acid groups (broad SMARTS) is 1. The number of hydrogen-bond acceptors (Lipinski definition) is 4. The Morgan fingerprint density at radius 2 is 2.10 bits per heavy atom.